The third-order valence-electron chi connectivity index (χ3n) is 3.44. The van der Waals surface area contributed by atoms with Crippen molar-refractivity contribution in [3.05, 3.63) is 0 Å². The van der Waals surface area contributed by atoms with Crippen LogP contribution >= 0.6 is 0 Å². The number of hydrogen-bond acceptors (Lipinski definition) is 5. The molecular formula is C12H24N2O3. The molecular weight excluding hydrogens is 220 g/mol. The summed E-state index contributed by atoms with van der Waals surface area (Å²) < 4.78 is 10.3. The lowest BCUT2D eigenvalue weighted by molar-refractivity contribution is -0.148. The summed E-state index contributed by atoms with van der Waals surface area (Å²) in [6.45, 7) is 7.47. The number of esters is 1. The first kappa shape index (κ1) is 14.4. The Hall–Kier alpha value is -0.650. The molecule has 0 bridgehead atoms. The fourth-order valence-corrected chi connectivity index (χ4v) is 2.03. The normalized spacial score (nSPS) is 25.3. The van der Waals surface area contributed by atoms with Crippen LogP contribution in [0.3, 0.4) is 0 Å². The second kappa shape index (κ2) is 6.33. The van der Waals surface area contributed by atoms with Crippen molar-refractivity contribution in [1.29, 1.82) is 0 Å². The van der Waals surface area contributed by atoms with Crippen molar-refractivity contribution in [3.8, 4) is 0 Å². The minimum atomic E-state index is -0.601. The summed E-state index contributed by atoms with van der Waals surface area (Å²) in [5, 5.41) is 3.05. The Morgan fingerprint density at radius 2 is 2.35 bits per heavy atom. The zero-order valence-corrected chi connectivity index (χ0v) is 11.3. The van der Waals surface area contributed by atoms with Gasteiger partial charge in [-0.25, -0.2) is 0 Å². The fourth-order valence-electron chi connectivity index (χ4n) is 2.03. The molecule has 1 heterocycles. The summed E-state index contributed by atoms with van der Waals surface area (Å²) in [5.41, 5.74) is -0.601. The Kier molecular flexibility index (Phi) is 5.36. The quantitative estimate of drug-likeness (QED) is 0.703. The van der Waals surface area contributed by atoms with Crippen molar-refractivity contribution in [2.24, 2.45) is 0 Å². The van der Waals surface area contributed by atoms with Gasteiger partial charge in [-0.2, -0.15) is 0 Å². The van der Waals surface area contributed by atoms with Gasteiger partial charge in [0, 0.05) is 19.6 Å². The SMILES string of the molecule is CNC(C)(CCN1CCOC(C)C1)C(=O)OC. The van der Waals surface area contributed by atoms with Crippen LogP contribution in [-0.2, 0) is 14.3 Å². The van der Waals surface area contributed by atoms with Gasteiger partial charge in [0.15, 0.2) is 0 Å². The van der Waals surface area contributed by atoms with Crippen LogP contribution in [0.25, 0.3) is 0 Å². The number of ether oxygens (including phenoxy) is 2. The first-order chi connectivity index (χ1) is 8.01. The average molecular weight is 244 g/mol. The zero-order chi connectivity index (χ0) is 12.9. The maximum atomic E-state index is 11.7. The lowest BCUT2D eigenvalue weighted by Gasteiger charge is -2.34. The largest absolute Gasteiger partial charge is 0.468 e. The predicted molar refractivity (Wildman–Crippen MR) is 66.0 cm³/mol. The Bertz CT molecular complexity index is 260. The molecule has 0 radical (unpaired) electrons. The molecule has 100 valence electrons. The number of likely N-dealkylation sites (N-methyl/N-ethyl adjacent to an activating group) is 1. The molecule has 17 heavy (non-hydrogen) atoms. The smallest absolute Gasteiger partial charge is 0.325 e. The Morgan fingerprint density at radius 1 is 1.65 bits per heavy atom. The molecule has 5 heteroatoms. The number of hydrogen-bond donors (Lipinski definition) is 1. The molecule has 2 atom stereocenters. The standard InChI is InChI=1S/C12H24N2O3/c1-10-9-14(7-8-17-10)6-5-12(2,13-3)11(15)16-4/h10,13H,5-9H2,1-4H3. The molecule has 1 rings (SSSR count). The summed E-state index contributed by atoms with van der Waals surface area (Å²) in [6.07, 6.45) is 1.02. The van der Waals surface area contributed by atoms with Crippen LogP contribution in [-0.4, -0.2) is 62.9 Å². The van der Waals surface area contributed by atoms with E-state index < -0.39 is 5.54 Å². The summed E-state index contributed by atoms with van der Waals surface area (Å²) in [4.78, 5) is 14.0. The Labute approximate surface area is 103 Å². The third-order valence-corrected chi connectivity index (χ3v) is 3.44. The molecule has 1 N–H and O–H groups in total. The van der Waals surface area contributed by atoms with Gasteiger partial charge in [-0.05, 0) is 27.3 Å². The first-order valence-corrected chi connectivity index (χ1v) is 6.13. The predicted octanol–water partition coefficient (Wildman–Crippen LogP) is 0.248. The highest BCUT2D eigenvalue weighted by Gasteiger charge is 2.33. The highest BCUT2D eigenvalue weighted by Crippen LogP contribution is 2.14. The van der Waals surface area contributed by atoms with E-state index in [2.05, 4.69) is 17.1 Å². The molecule has 1 fully saturated rings. The van der Waals surface area contributed by atoms with Crippen LogP contribution in [0.15, 0.2) is 0 Å². The van der Waals surface area contributed by atoms with E-state index in [4.69, 9.17) is 9.47 Å². The first-order valence-electron chi connectivity index (χ1n) is 6.13. The second-order valence-electron chi connectivity index (χ2n) is 4.81. The molecule has 5 nitrogen and oxygen atoms in total. The van der Waals surface area contributed by atoms with E-state index >= 15 is 0 Å². The number of morpholine rings is 1. The van der Waals surface area contributed by atoms with E-state index in [0.29, 0.717) is 0 Å². The minimum absolute atomic E-state index is 0.207. The van der Waals surface area contributed by atoms with Crippen LogP contribution in [0.1, 0.15) is 20.3 Å². The molecule has 0 aromatic carbocycles. The van der Waals surface area contributed by atoms with E-state index in [-0.39, 0.29) is 12.1 Å². The Morgan fingerprint density at radius 3 is 2.88 bits per heavy atom. The van der Waals surface area contributed by atoms with Crippen molar-refractivity contribution < 1.29 is 14.3 Å². The van der Waals surface area contributed by atoms with Gasteiger partial charge in [-0.3, -0.25) is 9.69 Å². The van der Waals surface area contributed by atoms with Gasteiger partial charge in [0.25, 0.3) is 0 Å². The number of carbonyl (C=O) groups is 1. The molecule has 0 aliphatic carbocycles. The summed E-state index contributed by atoms with van der Waals surface area (Å²) in [7, 11) is 3.22. The van der Waals surface area contributed by atoms with E-state index in [9.17, 15) is 4.79 Å². The van der Waals surface area contributed by atoms with Crippen LogP contribution in [0.2, 0.25) is 0 Å². The van der Waals surface area contributed by atoms with Gasteiger partial charge in [-0.1, -0.05) is 0 Å². The summed E-state index contributed by atoms with van der Waals surface area (Å²) in [6, 6.07) is 0. The third kappa shape index (κ3) is 3.94. The van der Waals surface area contributed by atoms with Gasteiger partial charge in [0.2, 0.25) is 0 Å². The zero-order valence-electron chi connectivity index (χ0n) is 11.3. The average Bonchev–Trinajstić information content (AvgIpc) is 2.35. The summed E-state index contributed by atoms with van der Waals surface area (Å²) >= 11 is 0. The molecule has 0 aromatic heterocycles. The summed E-state index contributed by atoms with van der Waals surface area (Å²) in [5.74, 6) is -0.207. The molecule has 0 saturated carbocycles. The highest BCUT2D eigenvalue weighted by molar-refractivity contribution is 5.80. The Balaban J connectivity index is 2.44. The lowest BCUT2D eigenvalue weighted by Crippen LogP contribution is -2.51. The number of rotatable bonds is 5. The van der Waals surface area contributed by atoms with Gasteiger partial charge < -0.3 is 14.8 Å². The van der Waals surface area contributed by atoms with Crippen LogP contribution in [0.4, 0.5) is 0 Å². The van der Waals surface area contributed by atoms with Crippen molar-refractivity contribution in [2.75, 3.05) is 40.4 Å². The van der Waals surface area contributed by atoms with E-state index in [0.717, 1.165) is 32.7 Å². The van der Waals surface area contributed by atoms with E-state index in [1.807, 2.05) is 6.92 Å². The maximum absolute atomic E-state index is 11.7. The van der Waals surface area contributed by atoms with Gasteiger partial charge >= 0.3 is 5.97 Å². The number of methoxy groups -OCH3 is 1. The molecule has 0 aromatic rings. The van der Waals surface area contributed by atoms with Crippen LogP contribution in [0, 0.1) is 0 Å². The molecule has 2 unspecified atom stereocenters. The lowest BCUT2D eigenvalue weighted by atomic mass is 9.97. The van der Waals surface area contributed by atoms with Gasteiger partial charge in [0.1, 0.15) is 5.54 Å². The van der Waals surface area contributed by atoms with Crippen molar-refractivity contribution >= 4 is 5.97 Å². The molecule has 1 aliphatic rings. The van der Waals surface area contributed by atoms with E-state index in [1.165, 1.54) is 7.11 Å². The number of nitrogens with one attached hydrogen (secondary N) is 1. The maximum Gasteiger partial charge on any atom is 0.325 e. The molecule has 0 amide bonds. The topological polar surface area (TPSA) is 50.8 Å². The van der Waals surface area contributed by atoms with Crippen molar-refractivity contribution in [1.82, 2.24) is 10.2 Å². The van der Waals surface area contributed by atoms with E-state index in [1.54, 1.807) is 7.05 Å². The van der Waals surface area contributed by atoms with Crippen molar-refractivity contribution in [2.45, 2.75) is 31.9 Å². The van der Waals surface area contributed by atoms with Crippen LogP contribution in [0.5, 0.6) is 0 Å². The van der Waals surface area contributed by atoms with Crippen molar-refractivity contribution in [3.63, 3.8) is 0 Å². The monoisotopic (exact) mass is 244 g/mol. The molecule has 1 aliphatic heterocycles. The minimum Gasteiger partial charge on any atom is -0.468 e. The van der Waals surface area contributed by atoms with Gasteiger partial charge in [-0.15, -0.1) is 0 Å². The fraction of sp³-hybridized carbons (Fsp3) is 0.917. The van der Waals surface area contributed by atoms with Crippen LogP contribution < -0.4 is 5.32 Å². The highest BCUT2D eigenvalue weighted by atomic mass is 16.5. The second-order valence-corrected chi connectivity index (χ2v) is 4.81. The number of carbonyl (C=O) groups excluding carboxylic acids is 1. The molecule has 0 spiro atoms. The molecule has 1 saturated heterocycles. The number of nitrogens with zero attached hydrogens (tertiary/aromatic N) is 1. The van der Waals surface area contributed by atoms with Gasteiger partial charge in [0.05, 0.1) is 19.8 Å².